The van der Waals surface area contributed by atoms with E-state index >= 15 is 0 Å². The number of carbonyl (C=O) groups is 1. The Labute approximate surface area is 96.2 Å². The van der Waals surface area contributed by atoms with Gasteiger partial charge < -0.3 is 10.6 Å². The van der Waals surface area contributed by atoms with Crippen LogP contribution >= 0.6 is 0 Å². The van der Waals surface area contributed by atoms with E-state index in [1.807, 2.05) is 13.0 Å². The molecule has 3 nitrogen and oxygen atoms in total. The van der Waals surface area contributed by atoms with Gasteiger partial charge in [-0.15, -0.1) is 0 Å². The summed E-state index contributed by atoms with van der Waals surface area (Å²) in [6.45, 7) is 3.06. The molecule has 0 bridgehead atoms. The van der Waals surface area contributed by atoms with Crippen LogP contribution in [0.5, 0.6) is 0 Å². The molecule has 1 aliphatic rings. The lowest BCUT2D eigenvalue weighted by molar-refractivity contribution is -0.116. The van der Waals surface area contributed by atoms with Crippen LogP contribution in [0.1, 0.15) is 31.7 Å². The number of nitrogens with one attached hydrogen (secondary N) is 2. The monoisotopic (exact) mass is 218 g/mol. The van der Waals surface area contributed by atoms with E-state index in [9.17, 15) is 4.79 Å². The van der Waals surface area contributed by atoms with Crippen LogP contribution < -0.4 is 10.6 Å². The van der Waals surface area contributed by atoms with Crippen molar-refractivity contribution in [3.05, 3.63) is 23.8 Å². The number of amides is 1. The first kappa shape index (κ1) is 11.0. The third-order valence-corrected chi connectivity index (χ3v) is 2.80. The molecule has 0 spiro atoms. The lowest BCUT2D eigenvalue weighted by Gasteiger charge is -2.18. The molecule has 0 radical (unpaired) electrons. The summed E-state index contributed by atoms with van der Waals surface area (Å²) in [4.78, 5) is 11.5. The van der Waals surface area contributed by atoms with E-state index in [1.165, 1.54) is 17.7 Å². The number of rotatable bonds is 3. The standard InChI is InChI=1S/C13H18N2O/c1-2-4-13(16)15-11-6-7-12-10(9-11)5-3-8-14-12/h6-7,9,14H,2-5,8H2,1H3,(H,15,16). The summed E-state index contributed by atoms with van der Waals surface area (Å²) in [7, 11) is 0. The average Bonchev–Trinajstić information content (AvgIpc) is 2.29. The first-order valence-corrected chi connectivity index (χ1v) is 5.96. The van der Waals surface area contributed by atoms with Crippen molar-refractivity contribution < 1.29 is 4.79 Å². The molecule has 86 valence electrons. The molecule has 1 aromatic carbocycles. The van der Waals surface area contributed by atoms with Crippen LogP contribution in [0.4, 0.5) is 11.4 Å². The molecular weight excluding hydrogens is 200 g/mol. The zero-order valence-corrected chi connectivity index (χ0v) is 9.68. The molecule has 0 saturated carbocycles. The van der Waals surface area contributed by atoms with Crippen molar-refractivity contribution in [2.75, 3.05) is 17.2 Å². The summed E-state index contributed by atoms with van der Waals surface area (Å²) in [5.74, 6) is 0.103. The quantitative estimate of drug-likeness (QED) is 0.819. The minimum absolute atomic E-state index is 0.103. The van der Waals surface area contributed by atoms with E-state index in [0.717, 1.165) is 25.1 Å². The van der Waals surface area contributed by atoms with Gasteiger partial charge in [-0.1, -0.05) is 6.92 Å². The summed E-state index contributed by atoms with van der Waals surface area (Å²) in [5.41, 5.74) is 3.43. The SMILES string of the molecule is CCCC(=O)Nc1ccc2c(c1)CCCN2. The highest BCUT2D eigenvalue weighted by Gasteiger charge is 2.09. The smallest absolute Gasteiger partial charge is 0.224 e. The molecule has 2 N–H and O–H groups in total. The first-order valence-electron chi connectivity index (χ1n) is 5.96. The van der Waals surface area contributed by atoms with E-state index < -0.39 is 0 Å². The molecular formula is C13H18N2O. The number of carbonyl (C=O) groups excluding carboxylic acids is 1. The first-order chi connectivity index (χ1) is 7.79. The van der Waals surface area contributed by atoms with Crippen molar-refractivity contribution in [2.45, 2.75) is 32.6 Å². The average molecular weight is 218 g/mol. The predicted octanol–water partition coefficient (Wildman–Crippen LogP) is 2.78. The predicted molar refractivity (Wildman–Crippen MR) is 66.8 cm³/mol. The number of hydrogen-bond donors (Lipinski definition) is 2. The van der Waals surface area contributed by atoms with Crippen LogP contribution in [-0.2, 0) is 11.2 Å². The van der Waals surface area contributed by atoms with Crippen LogP contribution in [-0.4, -0.2) is 12.5 Å². The minimum atomic E-state index is 0.103. The molecule has 16 heavy (non-hydrogen) atoms. The fourth-order valence-corrected chi connectivity index (χ4v) is 2.00. The highest BCUT2D eigenvalue weighted by Crippen LogP contribution is 2.25. The molecule has 0 unspecified atom stereocenters. The Morgan fingerprint density at radius 2 is 2.38 bits per heavy atom. The largest absolute Gasteiger partial charge is 0.385 e. The van der Waals surface area contributed by atoms with Gasteiger partial charge in [-0.25, -0.2) is 0 Å². The lowest BCUT2D eigenvalue weighted by atomic mass is 10.0. The second kappa shape index (κ2) is 5.01. The Hall–Kier alpha value is -1.51. The third kappa shape index (κ3) is 2.54. The van der Waals surface area contributed by atoms with E-state index in [1.54, 1.807) is 0 Å². The Morgan fingerprint density at radius 1 is 1.50 bits per heavy atom. The van der Waals surface area contributed by atoms with E-state index in [4.69, 9.17) is 0 Å². The Morgan fingerprint density at radius 3 is 3.19 bits per heavy atom. The zero-order valence-electron chi connectivity index (χ0n) is 9.68. The molecule has 2 rings (SSSR count). The summed E-state index contributed by atoms with van der Waals surface area (Å²) in [6, 6.07) is 6.09. The van der Waals surface area contributed by atoms with Crippen LogP contribution in [0.2, 0.25) is 0 Å². The second-order valence-corrected chi connectivity index (χ2v) is 4.20. The fourth-order valence-electron chi connectivity index (χ4n) is 2.00. The van der Waals surface area contributed by atoms with Crippen molar-refractivity contribution in [1.82, 2.24) is 0 Å². The molecule has 3 heteroatoms. The normalized spacial score (nSPS) is 13.8. The van der Waals surface area contributed by atoms with Gasteiger partial charge in [-0.05, 0) is 43.0 Å². The number of hydrogen-bond acceptors (Lipinski definition) is 2. The van der Waals surface area contributed by atoms with Crippen molar-refractivity contribution in [3.8, 4) is 0 Å². The van der Waals surface area contributed by atoms with E-state index in [-0.39, 0.29) is 5.91 Å². The topological polar surface area (TPSA) is 41.1 Å². The number of anilines is 2. The highest BCUT2D eigenvalue weighted by molar-refractivity contribution is 5.91. The number of aryl methyl sites for hydroxylation is 1. The molecule has 1 aliphatic heterocycles. The molecule has 0 saturated heterocycles. The van der Waals surface area contributed by atoms with Gasteiger partial charge in [-0.2, -0.15) is 0 Å². The van der Waals surface area contributed by atoms with Crippen LogP contribution in [0.15, 0.2) is 18.2 Å². The molecule has 0 aromatic heterocycles. The maximum Gasteiger partial charge on any atom is 0.224 e. The fraction of sp³-hybridized carbons (Fsp3) is 0.462. The molecule has 1 amide bonds. The highest BCUT2D eigenvalue weighted by atomic mass is 16.1. The zero-order chi connectivity index (χ0) is 11.4. The van der Waals surface area contributed by atoms with Crippen LogP contribution in [0.3, 0.4) is 0 Å². The maximum absolute atomic E-state index is 11.5. The molecule has 0 fully saturated rings. The van der Waals surface area contributed by atoms with E-state index in [0.29, 0.717) is 6.42 Å². The van der Waals surface area contributed by atoms with Crippen molar-refractivity contribution in [2.24, 2.45) is 0 Å². The van der Waals surface area contributed by atoms with Crippen molar-refractivity contribution in [3.63, 3.8) is 0 Å². The molecule has 0 aliphatic carbocycles. The van der Waals surface area contributed by atoms with Crippen LogP contribution in [0.25, 0.3) is 0 Å². The van der Waals surface area contributed by atoms with Crippen LogP contribution in [0, 0.1) is 0 Å². The van der Waals surface area contributed by atoms with Gasteiger partial charge >= 0.3 is 0 Å². The Bertz CT molecular complexity index is 388. The Balaban J connectivity index is 2.08. The summed E-state index contributed by atoms with van der Waals surface area (Å²) < 4.78 is 0. The molecule has 1 aromatic rings. The molecule has 1 heterocycles. The van der Waals surface area contributed by atoms with E-state index in [2.05, 4.69) is 22.8 Å². The minimum Gasteiger partial charge on any atom is -0.385 e. The van der Waals surface area contributed by atoms with Crippen molar-refractivity contribution >= 4 is 17.3 Å². The second-order valence-electron chi connectivity index (χ2n) is 4.20. The third-order valence-electron chi connectivity index (χ3n) is 2.80. The summed E-state index contributed by atoms with van der Waals surface area (Å²) in [6.07, 6.45) is 3.74. The summed E-state index contributed by atoms with van der Waals surface area (Å²) >= 11 is 0. The van der Waals surface area contributed by atoms with Gasteiger partial charge in [0.2, 0.25) is 5.91 Å². The van der Waals surface area contributed by atoms with Gasteiger partial charge in [0.1, 0.15) is 0 Å². The van der Waals surface area contributed by atoms with Gasteiger partial charge in [0, 0.05) is 24.3 Å². The van der Waals surface area contributed by atoms with Gasteiger partial charge in [-0.3, -0.25) is 4.79 Å². The maximum atomic E-state index is 11.5. The van der Waals surface area contributed by atoms with Crippen molar-refractivity contribution in [1.29, 1.82) is 0 Å². The summed E-state index contributed by atoms with van der Waals surface area (Å²) in [5, 5.41) is 6.28. The number of benzene rings is 1. The Kier molecular flexibility index (Phi) is 3.44. The van der Waals surface area contributed by atoms with Gasteiger partial charge in [0.15, 0.2) is 0 Å². The molecule has 0 atom stereocenters. The van der Waals surface area contributed by atoms with Gasteiger partial charge in [0.25, 0.3) is 0 Å². The lowest BCUT2D eigenvalue weighted by Crippen LogP contribution is -2.14. The van der Waals surface area contributed by atoms with Gasteiger partial charge in [0.05, 0.1) is 0 Å². The number of fused-ring (bicyclic) bond motifs is 1.